The molecule has 1 rings (SSSR count). The lowest BCUT2D eigenvalue weighted by Gasteiger charge is -2.07. The first kappa shape index (κ1) is 14.1. The second-order valence-electron chi connectivity index (χ2n) is 3.38. The number of hydrogen-bond acceptors (Lipinski definition) is 1. The van der Waals surface area contributed by atoms with E-state index in [1.54, 1.807) is 6.08 Å². The van der Waals surface area contributed by atoms with Crippen LogP contribution < -0.4 is 0 Å². The molecule has 0 aromatic heterocycles. The SMILES string of the molecule is [N-]=[N+]=NCCC=Cc1ccc(C(F)(F)F)c(F)c1. The molecule has 0 spiro atoms. The summed E-state index contributed by atoms with van der Waals surface area (Å²) in [6.07, 6.45) is -1.19. The van der Waals surface area contributed by atoms with E-state index < -0.39 is 17.6 Å². The summed E-state index contributed by atoms with van der Waals surface area (Å²) >= 11 is 0. The molecule has 96 valence electrons. The Balaban J connectivity index is 2.76. The van der Waals surface area contributed by atoms with Gasteiger partial charge in [-0.25, -0.2) is 4.39 Å². The Bertz CT molecular complexity index is 488. The fraction of sp³-hybridized carbons (Fsp3) is 0.273. The van der Waals surface area contributed by atoms with Gasteiger partial charge in [-0.3, -0.25) is 0 Å². The Morgan fingerprint density at radius 3 is 2.61 bits per heavy atom. The van der Waals surface area contributed by atoms with E-state index in [2.05, 4.69) is 10.0 Å². The van der Waals surface area contributed by atoms with Gasteiger partial charge < -0.3 is 0 Å². The van der Waals surface area contributed by atoms with Crippen LogP contribution in [0.1, 0.15) is 17.5 Å². The van der Waals surface area contributed by atoms with Gasteiger partial charge in [0.05, 0.1) is 5.56 Å². The number of hydrogen-bond donors (Lipinski definition) is 0. The van der Waals surface area contributed by atoms with Crippen LogP contribution in [0.2, 0.25) is 0 Å². The number of azide groups is 1. The summed E-state index contributed by atoms with van der Waals surface area (Å²) in [5.41, 5.74) is 7.04. The molecule has 0 heterocycles. The van der Waals surface area contributed by atoms with Crippen LogP contribution in [0.15, 0.2) is 29.4 Å². The highest BCUT2D eigenvalue weighted by Gasteiger charge is 2.33. The van der Waals surface area contributed by atoms with Crippen molar-refractivity contribution in [2.45, 2.75) is 12.6 Å². The zero-order chi connectivity index (χ0) is 13.6. The zero-order valence-electron chi connectivity index (χ0n) is 9.15. The van der Waals surface area contributed by atoms with E-state index in [0.717, 1.165) is 6.07 Å². The van der Waals surface area contributed by atoms with Gasteiger partial charge in [-0.2, -0.15) is 13.2 Å². The molecule has 1 aromatic carbocycles. The van der Waals surface area contributed by atoms with Crippen LogP contribution in [0.25, 0.3) is 16.5 Å². The average molecular weight is 259 g/mol. The molecule has 0 fully saturated rings. The van der Waals surface area contributed by atoms with Crippen LogP contribution in [0.3, 0.4) is 0 Å². The molecular formula is C11H9F4N3. The maximum absolute atomic E-state index is 13.2. The van der Waals surface area contributed by atoms with E-state index in [0.29, 0.717) is 18.1 Å². The summed E-state index contributed by atoms with van der Waals surface area (Å²) in [7, 11) is 0. The smallest absolute Gasteiger partial charge is 0.206 e. The monoisotopic (exact) mass is 259 g/mol. The number of alkyl halides is 3. The van der Waals surface area contributed by atoms with Crippen molar-refractivity contribution >= 4 is 6.08 Å². The van der Waals surface area contributed by atoms with Gasteiger partial charge in [0.2, 0.25) is 0 Å². The third-order valence-corrected chi connectivity index (χ3v) is 2.07. The standard InChI is InChI=1S/C11H9F4N3/c12-10-7-8(3-1-2-6-17-18-16)4-5-9(10)11(13,14)15/h1,3-5,7H,2,6H2. The molecule has 0 aliphatic carbocycles. The summed E-state index contributed by atoms with van der Waals surface area (Å²) in [5, 5.41) is 3.27. The summed E-state index contributed by atoms with van der Waals surface area (Å²) in [6, 6.07) is 2.69. The number of rotatable bonds is 4. The minimum Gasteiger partial charge on any atom is -0.206 e. The molecule has 0 bridgehead atoms. The molecule has 0 amide bonds. The first-order valence-electron chi connectivity index (χ1n) is 4.99. The average Bonchev–Trinajstić information content (AvgIpc) is 2.27. The van der Waals surface area contributed by atoms with Crippen LogP contribution >= 0.6 is 0 Å². The lowest BCUT2D eigenvalue weighted by atomic mass is 10.1. The summed E-state index contributed by atoms with van der Waals surface area (Å²) in [4.78, 5) is 2.54. The fourth-order valence-corrected chi connectivity index (χ4v) is 1.26. The minimum atomic E-state index is -4.69. The Morgan fingerprint density at radius 1 is 1.33 bits per heavy atom. The van der Waals surface area contributed by atoms with E-state index in [1.165, 1.54) is 12.1 Å². The van der Waals surface area contributed by atoms with Crippen molar-refractivity contribution in [1.29, 1.82) is 0 Å². The maximum atomic E-state index is 13.2. The van der Waals surface area contributed by atoms with E-state index in [1.807, 2.05) is 0 Å². The van der Waals surface area contributed by atoms with E-state index in [9.17, 15) is 17.6 Å². The maximum Gasteiger partial charge on any atom is 0.419 e. The normalized spacial score (nSPS) is 11.6. The molecule has 0 aliphatic heterocycles. The van der Waals surface area contributed by atoms with Crippen LogP contribution in [-0.4, -0.2) is 6.54 Å². The van der Waals surface area contributed by atoms with Crippen molar-refractivity contribution in [2.24, 2.45) is 5.11 Å². The van der Waals surface area contributed by atoms with E-state index >= 15 is 0 Å². The molecule has 0 aliphatic rings. The highest BCUT2D eigenvalue weighted by Crippen LogP contribution is 2.31. The van der Waals surface area contributed by atoms with Crippen molar-refractivity contribution in [3.63, 3.8) is 0 Å². The largest absolute Gasteiger partial charge is 0.419 e. The van der Waals surface area contributed by atoms with Gasteiger partial charge in [0.1, 0.15) is 5.82 Å². The molecule has 3 nitrogen and oxygen atoms in total. The number of benzene rings is 1. The third-order valence-electron chi connectivity index (χ3n) is 2.07. The van der Waals surface area contributed by atoms with Crippen molar-refractivity contribution in [1.82, 2.24) is 0 Å². The highest BCUT2D eigenvalue weighted by molar-refractivity contribution is 5.50. The second-order valence-corrected chi connectivity index (χ2v) is 3.38. The molecule has 0 saturated carbocycles. The summed E-state index contributed by atoms with van der Waals surface area (Å²) in [6.45, 7) is 0.246. The number of halogens is 4. The van der Waals surface area contributed by atoms with Gasteiger partial charge in [-0.1, -0.05) is 23.3 Å². The van der Waals surface area contributed by atoms with E-state index in [4.69, 9.17) is 5.53 Å². The Hall–Kier alpha value is -2.01. The predicted octanol–water partition coefficient (Wildman–Crippen LogP) is 4.56. The van der Waals surface area contributed by atoms with Gasteiger partial charge in [0, 0.05) is 11.5 Å². The third kappa shape index (κ3) is 4.10. The Kier molecular flexibility index (Phi) is 4.74. The Morgan fingerprint density at radius 2 is 2.06 bits per heavy atom. The van der Waals surface area contributed by atoms with Crippen molar-refractivity contribution in [2.75, 3.05) is 6.54 Å². The molecule has 0 atom stereocenters. The second kappa shape index (κ2) is 6.07. The molecule has 1 aromatic rings. The van der Waals surface area contributed by atoms with Crippen molar-refractivity contribution in [3.05, 3.63) is 51.7 Å². The molecule has 0 radical (unpaired) electrons. The molecule has 0 N–H and O–H groups in total. The van der Waals surface area contributed by atoms with Crippen molar-refractivity contribution < 1.29 is 17.6 Å². The van der Waals surface area contributed by atoms with Crippen molar-refractivity contribution in [3.8, 4) is 0 Å². The molecular weight excluding hydrogens is 250 g/mol. The molecule has 7 heteroatoms. The molecule has 18 heavy (non-hydrogen) atoms. The zero-order valence-corrected chi connectivity index (χ0v) is 9.15. The van der Waals surface area contributed by atoms with Crippen LogP contribution in [0.4, 0.5) is 17.6 Å². The van der Waals surface area contributed by atoms with Crippen LogP contribution in [0, 0.1) is 5.82 Å². The molecule has 0 saturated heterocycles. The Labute approximate surface area is 100 Å². The van der Waals surface area contributed by atoms with Gasteiger partial charge in [-0.15, -0.1) is 0 Å². The first-order chi connectivity index (χ1) is 8.45. The van der Waals surface area contributed by atoms with Gasteiger partial charge in [0.25, 0.3) is 0 Å². The van der Waals surface area contributed by atoms with Gasteiger partial charge >= 0.3 is 6.18 Å². The molecule has 0 unspecified atom stereocenters. The quantitative estimate of drug-likeness (QED) is 0.250. The van der Waals surface area contributed by atoms with Crippen LogP contribution in [-0.2, 0) is 6.18 Å². The first-order valence-corrected chi connectivity index (χ1v) is 4.99. The van der Waals surface area contributed by atoms with Crippen LogP contribution in [0.5, 0.6) is 0 Å². The topological polar surface area (TPSA) is 48.8 Å². The highest BCUT2D eigenvalue weighted by atomic mass is 19.4. The summed E-state index contributed by atoms with van der Waals surface area (Å²) in [5.74, 6) is -1.31. The minimum absolute atomic E-state index is 0.246. The fourth-order valence-electron chi connectivity index (χ4n) is 1.26. The lowest BCUT2D eigenvalue weighted by molar-refractivity contribution is -0.140. The van der Waals surface area contributed by atoms with Gasteiger partial charge in [0.15, 0.2) is 0 Å². The lowest BCUT2D eigenvalue weighted by Crippen LogP contribution is -2.07. The van der Waals surface area contributed by atoms with E-state index in [-0.39, 0.29) is 6.54 Å². The number of nitrogens with zero attached hydrogens (tertiary/aromatic N) is 3. The van der Waals surface area contributed by atoms with Gasteiger partial charge in [-0.05, 0) is 29.6 Å². The summed E-state index contributed by atoms with van der Waals surface area (Å²) < 4.78 is 50.0. The predicted molar refractivity (Wildman–Crippen MR) is 59.1 cm³/mol.